The largest absolute Gasteiger partial charge is 0.504 e. The molecular formula is C19H22N2O5S. The molecule has 0 radical (unpaired) electrons. The number of rotatable bonds is 5. The van der Waals surface area contributed by atoms with Gasteiger partial charge in [0.2, 0.25) is 10.0 Å². The fourth-order valence-corrected chi connectivity index (χ4v) is 4.59. The van der Waals surface area contributed by atoms with Gasteiger partial charge < -0.3 is 15.2 Å². The second kappa shape index (κ2) is 7.98. The van der Waals surface area contributed by atoms with E-state index in [9.17, 15) is 18.3 Å². The Kier molecular flexibility index (Phi) is 5.67. The molecule has 1 saturated heterocycles. The number of anilines is 1. The molecule has 1 fully saturated rings. The molecule has 0 saturated carbocycles. The van der Waals surface area contributed by atoms with E-state index in [0.717, 1.165) is 19.3 Å². The van der Waals surface area contributed by atoms with Crippen LogP contribution in [-0.4, -0.2) is 43.9 Å². The molecule has 3 rings (SSSR count). The monoisotopic (exact) mass is 390 g/mol. The summed E-state index contributed by atoms with van der Waals surface area (Å²) in [6.45, 7) is 1.01. The summed E-state index contributed by atoms with van der Waals surface area (Å²) >= 11 is 0. The fourth-order valence-electron chi connectivity index (χ4n) is 3.02. The molecule has 0 aliphatic carbocycles. The smallest absolute Gasteiger partial charge is 0.255 e. The predicted molar refractivity (Wildman–Crippen MR) is 102 cm³/mol. The Balaban J connectivity index is 1.80. The van der Waals surface area contributed by atoms with Crippen LogP contribution in [0, 0.1) is 0 Å². The van der Waals surface area contributed by atoms with E-state index >= 15 is 0 Å². The van der Waals surface area contributed by atoms with E-state index in [4.69, 9.17) is 4.74 Å². The van der Waals surface area contributed by atoms with Gasteiger partial charge in [0.1, 0.15) is 0 Å². The molecular weight excluding hydrogens is 368 g/mol. The maximum Gasteiger partial charge on any atom is 0.255 e. The Labute approximate surface area is 158 Å². The summed E-state index contributed by atoms with van der Waals surface area (Å²) in [5.74, 6) is -0.269. The van der Waals surface area contributed by atoms with Crippen LogP contribution in [0.4, 0.5) is 5.69 Å². The molecule has 2 aromatic carbocycles. The van der Waals surface area contributed by atoms with Crippen molar-refractivity contribution in [3.05, 3.63) is 48.0 Å². The SMILES string of the molecule is COc1ccc(NC(=O)c2cccc(S(=O)(=O)N3CCCCC3)c2)cc1O. The molecule has 0 unspecified atom stereocenters. The van der Waals surface area contributed by atoms with Gasteiger partial charge in [-0.1, -0.05) is 12.5 Å². The first-order valence-corrected chi connectivity index (χ1v) is 10.1. The number of hydrogen-bond acceptors (Lipinski definition) is 5. The van der Waals surface area contributed by atoms with Gasteiger partial charge in [-0.3, -0.25) is 4.79 Å². The number of nitrogens with zero attached hydrogens (tertiary/aromatic N) is 1. The van der Waals surface area contributed by atoms with Gasteiger partial charge in [-0.25, -0.2) is 8.42 Å². The number of carbonyl (C=O) groups excluding carboxylic acids is 1. The summed E-state index contributed by atoms with van der Waals surface area (Å²) in [5, 5.41) is 12.5. The number of ether oxygens (including phenoxy) is 1. The number of phenols is 1. The van der Waals surface area contributed by atoms with Gasteiger partial charge in [-0.05, 0) is 43.2 Å². The lowest BCUT2D eigenvalue weighted by atomic mass is 10.2. The van der Waals surface area contributed by atoms with Gasteiger partial charge in [0.15, 0.2) is 11.5 Å². The van der Waals surface area contributed by atoms with Crippen molar-refractivity contribution >= 4 is 21.6 Å². The van der Waals surface area contributed by atoms with Gasteiger partial charge in [-0.2, -0.15) is 4.31 Å². The molecule has 1 amide bonds. The standard InChI is InChI=1S/C19H22N2O5S/c1-26-18-9-8-15(13-17(18)22)20-19(23)14-6-5-7-16(12-14)27(24,25)21-10-3-2-4-11-21/h5-9,12-13,22H,2-4,10-11H2,1H3,(H,20,23). The molecule has 144 valence electrons. The average molecular weight is 390 g/mol. The number of sulfonamides is 1. The zero-order chi connectivity index (χ0) is 19.4. The molecule has 1 aliphatic heterocycles. The highest BCUT2D eigenvalue weighted by molar-refractivity contribution is 7.89. The highest BCUT2D eigenvalue weighted by Crippen LogP contribution is 2.29. The zero-order valence-electron chi connectivity index (χ0n) is 15.0. The van der Waals surface area contributed by atoms with E-state index in [0.29, 0.717) is 24.5 Å². The lowest BCUT2D eigenvalue weighted by molar-refractivity contribution is 0.102. The summed E-state index contributed by atoms with van der Waals surface area (Å²) in [5.41, 5.74) is 0.603. The van der Waals surface area contributed by atoms with Crippen LogP contribution in [0.2, 0.25) is 0 Å². The van der Waals surface area contributed by atoms with Crippen molar-refractivity contribution < 1.29 is 23.1 Å². The fraction of sp³-hybridized carbons (Fsp3) is 0.316. The second-order valence-corrected chi connectivity index (χ2v) is 8.27. The van der Waals surface area contributed by atoms with E-state index in [1.165, 1.54) is 35.7 Å². The minimum Gasteiger partial charge on any atom is -0.504 e. The number of nitrogens with one attached hydrogen (secondary N) is 1. The van der Waals surface area contributed by atoms with E-state index in [1.54, 1.807) is 18.2 Å². The van der Waals surface area contributed by atoms with Crippen molar-refractivity contribution in [1.29, 1.82) is 0 Å². The van der Waals surface area contributed by atoms with Gasteiger partial charge >= 0.3 is 0 Å². The van der Waals surface area contributed by atoms with Crippen LogP contribution >= 0.6 is 0 Å². The van der Waals surface area contributed by atoms with Crippen molar-refractivity contribution in [2.45, 2.75) is 24.2 Å². The summed E-state index contributed by atoms with van der Waals surface area (Å²) in [7, 11) is -2.18. The lowest BCUT2D eigenvalue weighted by Gasteiger charge is -2.26. The number of methoxy groups -OCH3 is 1. The van der Waals surface area contributed by atoms with Crippen molar-refractivity contribution in [3.63, 3.8) is 0 Å². The number of piperidine rings is 1. The summed E-state index contributed by atoms with van der Waals surface area (Å²) in [6.07, 6.45) is 2.73. The highest BCUT2D eigenvalue weighted by Gasteiger charge is 2.26. The minimum atomic E-state index is -3.61. The second-order valence-electron chi connectivity index (χ2n) is 6.33. The third-order valence-corrected chi connectivity index (χ3v) is 6.38. The molecule has 0 spiro atoms. The maximum atomic E-state index is 12.8. The lowest BCUT2D eigenvalue weighted by Crippen LogP contribution is -2.35. The maximum absolute atomic E-state index is 12.8. The molecule has 0 bridgehead atoms. The number of phenolic OH excluding ortho intramolecular Hbond substituents is 1. The number of carbonyl (C=O) groups is 1. The number of aromatic hydroxyl groups is 1. The van der Waals surface area contributed by atoms with Crippen LogP contribution < -0.4 is 10.1 Å². The van der Waals surface area contributed by atoms with Gasteiger partial charge in [0.25, 0.3) is 5.91 Å². The molecule has 2 N–H and O–H groups in total. The van der Waals surface area contributed by atoms with Gasteiger partial charge in [-0.15, -0.1) is 0 Å². The molecule has 27 heavy (non-hydrogen) atoms. The predicted octanol–water partition coefficient (Wildman–Crippen LogP) is 2.83. The first-order chi connectivity index (χ1) is 12.9. The number of amides is 1. The Morgan fingerprint density at radius 3 is 2.52 bits per heavy atom. The van der Waals surface area contributed by atoms with Crippen LogP contribution in [0.5, 0.6) is 11.5 Å². The Morgan fingerprint density at radius 2 is 1.85 bits per heavy atom. The average Bonchev–Trinajstić information content (AvgIpc) is 2.69. The van der Waals surface area contributed by atoms with Crippen LogP contribution in [0.25, 0.3) is 0 Å². The van der Waals surface area contributed by atoms with E-state index < -0.39 is 15.9 Å². The molecule has 0 atom stereocenters. The van der Waals surface area contributed by atoms with Crippen molar-refractivity contribution in [2.75, 3.05) is 25.5 Å². The number of benzene rings is 2. The molecule has 7 nitrogen and oxygen atoms in total. The van der Waals surface area contributed by atoms with Gasteiger partial charge in [0.05, 0.1) is 12.0 Å². The van der Waals surface area contributed by atoms with Crippen molar-refractivity contribution in [3.8, 4) is 11.5 Å². The third-order valence-electron chi connectivity index (χ3n) is 4.49. The first-order valence-electron chi connectivity index (χ1n) is 8.70. The first kappa shape index (κ1) is 19.2. The minimum absolute atomic E-state index is 0.100. The molecule has 1 heterocycles. The molecule has 2 aromatic rings. The Bertz CT molecular complexity index is 937. The van der Waals surface area contributed by atoms with E-state index in [2.05, 4.69) is 5.32 Å². The zero-order valence-corrected chi connectivity index (χ0v) is 15.8. The summed E-state index contributed by atoms with van der Waals surface area (Å²) in [4.78, 5) is 12.6. The van der Waals surface area contributed by atoms with Gasteiger partial charge in [0, 0.05) is 30.4 Å². The molecule has 0 aromatic heterocycles. The van der Waals surface area contributed by atoms with Crippen LogP contribution in [-0.2, 0) is 10.0 Å². The molecule has 1 aliphatic rings. The summed E-state index contributed by atoms with van der Waals surface area (Å²) < 4.78 is 32.0. The highest BCUT2D eigenvalue weighted by atomic mass is 32.2. The van der Waals surface area contributed by atoms with Crippen molar-refractivity contribution in [1.82, 2.24) is 4.31 Å². The van der Waals surface area contributed by atoms with Crippen LogP contribution in [0.15, 0.2) is 47.4 Å². The summed E-state index contributed by atoms with van der Waals surface area (Å²) in [6, 6.07) is 10.5. The normalized spacial score (nSPS) is 15.3. The quantitative estimate of drug-likeness (QED) is 0.818. The Morgan fingerprint density at radius 1 is 1.11 bits per heavy atom. The van der Waals surface area contributed by atoms with E-state index in [-0.39, 0.29) is 16.2 Å². The van der Waals surface area contributed by atoms with E-state index in [1.807, 2.05) is 0 Å². The third kappa shape index (κ3) is 4.23. The number of hydrogen-bond donors (Lipinski definition) is 2. The topological polar surface area (TPSA) is 95.9 Å². The van der Waals surface area contributed by atoms with Crippen LogP contribution in [0.3, 0.4) is 0 Å². The molecule has 8 heteroatoms. The van der Waals surface area contributed by atoms with Crippen molar-refractivity contribution in [2.24, 2.45) is 0 Å². The Hall–Kier alpha value is -2.58. The van der Waals surface area contributed by atoms with Crippen LogP contribution in [0.1, 0.15) is 29.6 Å².